The molecule has 0 amide bonds. The lowest BCUT2D eigenvalue weighted by Gasteiger charge is -2.08. The smallest absolute Gasteiger partial charge is 0.162 e. The zero-order chi connectivity index (χ0) is 13.8. The molecule has 0 aliphatic carbocycles. The van der Waals surface area contributed by atoms with Crippen LogP contribution < -0.4 is 4.74 Å². The summed E-state index contributed by atoms with van der Waals surface area (Å²) < 4.78 is 6.58. The van der Waals surface area contributed by atoms with Crippen molar-refractivity contribution >= 4 is 33.3 Å². The maximum absolute atomic E-state index is 11.5. The Labute approximate surface area is 125 Å². The maximum atomic E-state index is 11.5. The SMILES string of the molecule is CCC(=O)c1ccc(Oc2cc(Br)ccc2Cl)cc1. The molecule has 2 nitrogen and oxygen atoms in total. The van der Waals surface area contributed by atoms with Crippen molar-refractivity contribution in [3.05, 3.63) is 57.5 Å². The molecular weight excluding hydrogens is 328 g/mol. The van der Waals surface area contributed by atoms with Crippen molar-refractivity contribution in [2.45, 2.75) is 13.3 Å². The van der Waals surface area contributed by atoms with E-state index in [1.807, 2.05) is 13.0 Å². The first-order chi connectivity index (χ1) is 9.10. The number of halogens is 2. The van der Waals surface area contributed by atoms with Crippen LogP contribution in [0.4, 0.5) is 0 Å². The van der Waals surface area contributed by atoms with Gasteiger partial charge in [-0.05, 0) is 42.5 Å². The van der Waals surface area contributed by atoms with Crippen LogP contribution in [0.25, 0.3) is 0 Å². The van der Waals surface area contributed by atoms with Gasteiger partial charge in [0.2, 0.25) is 0 Å². The van der Waals surface area contributed by atoms with Crippen molar-refractivity contribution in [3.8, 4) is 11.5 Å². The average molecular weight is 340 g/mol. The molecule has 0 fully saturated rings. The molecule has 0 aromatic heterocycles. The van der Waals surface area contributed by atoms with Gasteiger partial charge in [0.05, 0.1) is 5.02 Å². The standard InChI is InChI=1S/C15H12BrClO2/c1-2-14(18)10-3-6-12(7-4-10)19-15-9-11(16)5-8-13(15)17/h3-9H,2H2,1H3. The lowest BCUT2D eigenvalue weighted by atomic mass is 10.1. The van der Waals surface area contributed by atoms with Gasteiger partial charge < -0.3 is 4.74 Å². The second kappa shape index (κ2) is 6.22. The molecule has 0 atom stereocenters. The van der Waals surface area contributed by atoms with Crippen LogP contribution in [0.2, 0.25) is 5.02 Å². The van der Waals surface area contributed by atoms with Gasteiger partial charge in [0, 0.05) is 16.5 Å². The van der Waals surface area contributed by atoms with Crippen LogP contribution in [0.15, 0.2) is 46.9 Å². The van der Waals surface area contributed by atoms with E-state index < -0.39 is 0 Å². The van der Waals surface area contributed by atoms with Gasteiger partial charge >= 0.3 is 0 Å². The molecule has 2 aromatic rings. The van der Waals surface area contributed by atoms with Crippen molar-refractivity contribution in [2.24, 2.45) is 0 Å². The number of Topliss-reactive ketones (excluding diaryl/α,β-unsaturated/α-hetero) is 1. The van der Waals surface area contributed by atoms with Gasteiger partial charge in [-0.1, -0.05) is 34.5 Å². The van der Waals surface area contributed by atoms with E-state index >= 15 is 0 Å². The average Bonchev–Trinajstić information content (AvgIpc) is 2.43. The van der Waals surface area contributed by atoms with E-state index in [4.69, 9.17) is 16.3 Å². The van der Waals surface area contributed by atoms with E-state index in [0.717, 1.165) is 4.47 Å². The molecule has 4 heteroatoms. The number of carbonyl (C=O) groups is 1. The summed E-state index contributed by atoms with van der Waals surface area (Å²) in [7, 11) is 0. The first-order valence-electron chi connectivity index (χ1n) is 5.86. The molecule has 0 unspecified atom stereocenters. The Morgan fingerprint density at radius 2 is 1.89 bits per heavy atom. The second-order valence-electron chi connectivity index (χ2n) is 3.98. The predicted molar refractivity (Wildman–Crippen MR) is 80.3 cm³/mol. The highest BCUT2D eigenvalue weighted by molar-refractivity contribution is 9.10. The van der Waals surface area contributed by atoms with Crippen molar-refractivity contribution in [1.29, 1.82) is 0 Å². The van der Waals surface area contributed by atoms with Crippen LogP contribution in [-0.4, -0.2) is 5.78 Å². The molecule has 0 aliphatic rings. The fourth-order valence-corrected chi connectivity index (χ4v) is 2.09. The van der Waals surface area contributed by atoms with E-state index in [2.05, 4.69) is 15.9 Å². The van der Waals surface area contributed by atoms with Gasteiger partial charge in [0.25, 0.3) is 0 Å². The Morgan fingerprint density at radius 1 is 1.21 bits per heavy atom. The third kappa shape index (κ3) is 3.58. The van der Waals surface area contributed by atoms with Crippen molar-refractivity contribution in [1.82, 2.24) is 0 Å². The molecule has 98 valence electrons. The molecule has 0 saturated carbocycles. The minimum Gasteiger partial charge on any atom is -0.456 e. The molecule has 2 aromatic carbocycles. The predicted octanol–water partition coefficient (Wildman–Crippen LogP) is 5.49. The summed E-state index contributed by atoms with van der Waals surface area (Å²) in [6, 6.07) is 12.4. The monoisotopic (exact) mass is 338 g/mol. The van der Waals surface area contributed by atoms with Crippen LogP contribution in [0, 0.1) is 0 Å². The molecular formula is C15H12BrClO2. The number of benzene rings is 2. The van der Waals surface area contributed by atoms with E-state index in [9.17, 15) is 4.79 Å². The Morgan fingerprint density at radius 3 is 2.53 bits per heavy atom. The number of hydrogen-bond acceptors (Lipinski definition) is 2. The first kappa shape index (κ1) is 14.1. The van der Waals surface area contributed by atoms with Crippen LogP contribution in [0.1, 0.15) is 23.7 Å². The van der Waals surface area contributed by atoms with Crippen molar-refractivity contribution in [2.75, 3.05) is 0 Å². The van der Waals surface area contributed by atoms with Gasteiger partial charge in [-0.2, -0.15) is 0 Å². The summed E-state index contributed by atoms with van der Waals surface area (Å²) in [5, 5.41) is 0.539. The van der Waals surface area contributed by atoms with E-state index in [1.165, 1.54) is 0 Å². The van der Waals surface area contributed by atoms with Crippen molar-refractivity contribution in [3.63, 3.8) is 0 Å². The highest BCUT2D eigenvalue weighted by Crippen LogP contribution is 2.32. The summed E-state index contributed by atoms with van der Waals surface area (Å²) >= 11 is 9.42. The highest BCUT2D eigenvalue weighted by Gasteiger charge is 2.06. The third-order valence-electron chi connectivity index (χ3n) is 2.62. The number of rotatable bonds is 4. The molecule has 2 rings (SSSR count). The lowest BCUT2D eigenvalue weighted by molar-refractivity contribution is 0.0988. The second-order valence-corrected chi connectivity index (χ2v) is 5.30. The molecule has 0 saturated heterocycles. The largest absolute Gasteiger partial charge is 0.456 e. The first-order valence-corrected chi connectivity index (χ1v) is 7.03. The molecule has 0 bridgehead atoms. The Kier molecular flexibility index (Phi) is 4.61. The zero-order valence-electron chi connectivity index (χ0n) is 10.3. The highest BCUT2D eigenvalue weighted by atomic mass is 79.9. The number of ketones is 1. The topological polar surface area (TPSA) is 26.3 Å². The maximum Gasteiger partial charge on any atom is 0.162 e. The van der Waals surface area contributed by atoms with Crippen LogP contribution in [0.5, 0.6) is 11.5 Å². The minimum atomic E-state index is 0.118. The van der Waals surface area contributed by atoms with E-state index in [0.29, 0.717) is 28.5 Å². The van der Waals surface area contributed by atoms with Gasteiger partial charge in [0.1, 0.15) is 11.5 Å². The summed E-state index contributed by atoms with van der Waals surface area (Å²) in [6.45, 7) is 1.84. The van der Waals surface area contributed by atoms with E-state index in [1.54, 1.807) is 36.4 Å². The number of ether oxygens (including phenoxy) is 1. The quantitative estimate of drug-likeness (QED) is 0.689. The summed E-state index contributed by atoms with van der Waals surface area (Å²) in [5.74, 6) is 1.34. The Hall–Kier alpha value is -1.32. The normalized spacial score (nSPS) is 10.3. The molecule has 0 aliphatic heterocycles. The number of hydrogen-bond donors (Lipinski definition) is 0. The molecule has 19 heavy (non-hydrogen) atoms. The summed E-state index contributed by atoms with van der Waals surface area (Å²) in [6.07, 6.45) is 0.498. The number of carbonyl (C=O) groups excluding carboxylic acids is 1. The van der Waals surface area contributed by atoms with Crippen LogP contribution >= 0.6 is 27.5 Å². The molecule has 0 heterocycles. The molecule has 0 N–H and O–H groups in total. The van der Waals surface area contributed by atoms with Crippen molar-refractivity contribution < 1.29 is 9.53 Å². The fraction of sp³-hybridized carbons (Fsp3) is 0.133. The van der Waals surface area contributed by atoms with Gasteiger partial charge in [-0.25, -0.2) is 0 Å². The Bertz CT molecular complexity index is 594. The van der Waals surface area contributed by atoms with Crippen LogP contribution in [0.3, 0.4) is 0 Å². The lowest BCUT2D eigenvalue weighted by Crippen LogP contribution is -1.95. The zero-order valence-corrected chi connectivity index (χ0v) is 12.7. The Balaban J connectivity index is 2.19. The molecule has 0 spiro atoms. The van der Waals surface area contributed by atoms with Gasteiger partial charge in [0.15, 0.2) is 5.78 Å². The fourth-order valence-electron chi connectivity index (χ4n) is 1.60. The van der Waals surface area contributed by atoms with E-state index in [-0.39, 0.29) is 5.78 Å². The third-order valence-corrected chi connectivity index (χ3v) is 3.42. The molecule has 0 radical (unpaired) electrons. The minimum absolute atomic E-state index is 0.118. The summed E-state index contributed by atoms with van der Waals surface area (Å²) in [4.78, 5) is 11.5. The van der Waals surface area contributed by atoms with Gasteiger partial charge in [-0.3, -0.25) is 4.79 Å². The van der Waals surface area contributed by atoms with Crippen LogP contribution in [-0.2, 0) is 0 Å². The summed E-state index contributed by atoms with van der Waals surface area (Å²) in [5.41, 5.74) is 0.690. The van der Waals surface area contributed by atoms with Gasteiger partial charge in [-0.15, -0.1) is 0 Å².